The van der Waals surface area contributed by atoms with Gasteiger partial charge in [-0.05, 0) is 36.1 Å². The molecule has 0 atom stereocenters. The van der Waals surface area contributed by atoms with Crippen molar-refractivity contribution in [3.8, 4) is 5.75 Å². The average Bonchev–Trinajstić information content (AvgIpc) is 2.52. The highest BCUT2D eigenvalue weighted by molar-refractivity contribution is 5.43. The largest absolute Gasteiger partial charge is 0.488 e. The van der Waals surface area contributed by atoms with Gasteiger partial charge in [-0.2, -0.15) is 0 Å². The van der Waals surface area contributed by atoms with Crippen LogP contribution in [-0.2, 0) is 17.9 Å². The summed E-state index contributed by atoms with van der Waals surface area (Å²) in [6, 6.07) is 14.6. The van der Waals surface area contributed by atoms with Crippen molar-refractivity contribution in [2.24, 2.45) is 0 Å². The number of ether oxygens (including phenoxy) is 2. The molecule has 0 saturated carbocycles. The Kier molecular flexibility index (Phi) is 6.44. The van der Waals surface area contributed by atoms with Crippen LogP contribution in [0.5, 0.6) is 5.75 Å². The average molecular weight is 299 g/mol. The predicted octanol–water partition coefficient (Wildman–Crippen LogP) is 3.62. The SMILES string of the molecule is COCCNCc1cc(C)c(OCc2ccccc2)c(C)c1. The van der Waals surface area contributed by atoms with E-state index in [9.17, 15) is 0 Å². The number of hydrogen-bond donors (Lipinski definition) is 1. The normalized spacial score (nSPS) is 10.7. The van der Waals surface area contributed by atoms with Crippen molar-refractivity contribution in [1.82, 2.24) is 5.32 Å². The molecule has 0 amide bonds. The van der Waals surface area contributed by atoms with Gasteiger partial charge in [0.2, 0.25) is 0 Å². The molecule has 2 aromatic carbocycles. The number of benzene rings is 2. The van der Waals surface area contributed by atoms with Crippen LogP contribution in [0, 0.1) is 13.8 Å². The molecule has 0 fully saturated rings. The topological polar surface area (TPSA) is 30.5 Å². The van der Waals surface area contributed by atoms with E-state index < -0.39 is 0 Å². The summed E-state index contributed by atoms with van der Waals surface area (Å²) in [5, 5.41) is 3.37. The summed E-state index contributed by atoms with van der Waals surface area (Å²) in [6.07, 6.45) is 0. The Bertz CT molecular complexity index is 558. The second-order valence-electron chi connectivity index (χ2n) is 5.50. The van der Waals surface area contributed by atoms with E-state index in [1.807, 2.05) is 18.2 Å². The van der Waals surface area contributed by atoms with Gasteiger partial charge in [-0.25, -0.2) is 0 Å². The van der Waals surface area contributed by atoms with Crippen molar-refractivity contribution in [1.29, 1.82) is 0 Å². The van der Waals surface area contributed by atoms with Gasteiger partial charge in [0.05, 0.1) is 6.61 Å². The highest BCUT2D eigenvalue weighted by atomic mass is 16.5. The lowest BCUT2D eigenvalue weighted by Gasteiger charge is -2.14. The predicted molar refractivity (Wildman–Crippen MR) is 90.3 cm³/mol. The van der Waals surface area contributed by atoms with Gasteiger partial charge in [0, 0.05) is 20.2 Å². The molecule has 0 aliphatic heterocycles. The summed E-state index contributed by atoms with van der Waals surface area (Å²) in [5.74, 6) is 0.990. The fourth-order valence-corrected chi connectivity index (χ4v) is 2.51. The third kappa shape index (κ3) is 4.86. The lowest BCUT2D eigenvalue weighted by Crippen LogP contribution is -2.18. The Labute approximate surface area is 133 Å². The number of aryl methyl sites for hydroxylation is 2. The van der Waals surface area contributed by atoms with E-state index in [4.69, 9.17) is 9.47 Å². The molecule has 3 nitrogen and oxygen atoms in total. The molecule has 0 aromatic heterocycles. The second kappa shape index (κ2) is 8.57. The molecule has 2 aromatic rings. The van der Waals surface area contributed by atoms with Crippen LogP contribution in [-0.4, -0.2) is 20.3 Å². The number of rotatable bonds is 8. The maximum Gasteiger partial charge on any atom is 0.125 e. The van der Waals surface area contributed by atoms with E-state index >= 15 is 0 Å². The van der Waals surface area contributed by atoms with Gasteiger partial charge in [0.15, 0.2) is 0 Å². The second-order valence-corrected chi connectivity index (χ2v) is 5.50. The first-order chi connectivity index (χ1) is 10.7. The zero-order valence-electron chi connectivity index (χ0n) is 13.7. The maximum atomic E-state index is 6.01. The number of nitrogens with one attached hydrogen (secondary N) is 1. The van der Waals surface area contributed by atoms with E-state index in [0.717, 1.165) is 25.4 Å². The molecular formula is C19H25NO2. The molecule has 1 N–H and O–H groups in total. The molecule has 118 valence electrons. The van der Waals surface area contributed by atoms with Crippen LogP contribution in [0.4, 0.5) is 0 Å². The molecule has 0 unspecified atom stereocenters. The van der Waals surface area contributed by atoms with E-state index in [2.05, 4.69) is 43.4 Å². The van der Waals surface area contributed by atoms with Crippen molar-refractivity contribution in [2.45, 2.75) is 27.0 Å². The highest BCUT2D eigenvalue weighted by Gasteiger charge is 2.07. The third-order valence-corrected chi connectivity index (χ3v) is 3.56. The standard InChI is InChI=1S/C19H25NO2/c1-15-11-18(13-20-9-10-21-3)12-16(2)19(15)22-14-17-7-5-4-6-8-17/h4-8,11-12,20H,9-10,13-14H2,1-3H3. The van der Waals surface area contributed by atoms with E-state index in [0.29, 0.717) is 6.61 Å². The quantitative estimate of drug-likeness (QED) is 0.755. The highest BCUT2D eigenvalue weighted by Crippen LogP contribution is 2.25. The van der Waals surface area contributed by atoms with Crippen molar-refractivity contribution < 1.29 is 9.47 Å². The van der Waals surface area contributed by atoms with Crippen molar-refractivity contribution in [2.75, 3.05) is 20.3 Å². The van der Waals surface area contributed by atoms with Crippen LogP contribution >= 0.6 is 0 Å². The van der Waals surface area contributed by atoms with E-state index in [1.54, 1.807) is 7.11 Å². The summed E-state index contributed by atoms with van der Waals surface area (Å²) < 4.78 is 11.0. The lowest BCUT2D eigenvalue weighted by molar-refractivity contribution is 0.199. The molecule has 3 heteroatoms. The van der Waals surface area contributed by atoms with Gasteiger partial charge < -0.3 is 14.8 Å². The first-order valence-corrected chi connectivity index (χ1v) is 7.67. The molecular weight excluding hydrogens is 274 g/mol. The van der Waals surface area contributed by atoms with Gasteiger partial charge in [0.1, 0.15) is 12.4 Å². The summed E-state index contributed by atoms with van der Waals surface area (Å²) in [5.41, 5.74) is 4.82. The van der Waals surface area contributed by atoms with Crippen LogP contribution in [0.1, 0.15) is 22.3 Å². The first kappa shape index (κ1) is 16.5. The molecule has 0 bridgehead atoms. The Morgan fingerprint density at radius 2 is 1.64 bits per heavy atom. The van der Waals surface area contributed by atoms with Gasteiger partial charge >= 0.3 is 0 Å². The van der Waals surface area contributed by atoms with Gasteiger partial charge in [-0.3, -0.25) is 0 Å². The third-order valence-electron chi connectivity index (χ3n) is 3.56. The van der Waals surface area contributed by atoms with Gasteiger partial charge in [-0.1, -0.05) is 42.5 Å². The molecule has 0 heterocycles. The monoisotopic (exact) mass is 299 g/mol. The van der Waals surface area contributed by atoms with Gasteiger partial charge in [-0.15, -0.1) is 0 Å². The van der Waals surface area contributed by atoms with Crippen molar-refractivity contribution >= 4 is 0 Å². The zero-order valence-corrected chi connectivity index (χ0v) is 13.7. The molecule has 0 saturated heterocycles. The van der Waals surface area contributed by atoms with Gasteiger partial charge in [0.25, 0.3) is 0 Å². The van der Waals surface area contributed by atoms with Crippen LogP contribution in [0.3, 0.4) is 0 Å². The van der Waals surface area contributed by atoms with Crippen molar-refractivity contribution in [3.63, 3.8) is 0 Å². The molecule has 0 aliphatic rings. The summed E-state index contributed by atoms with van der Waals surface area (Å²) in [7, 11) is 1.72. The fraction of sp³-hybridized carbons (Fsp3) is 0.368. The first-order valence-electron chi connectivity index (χ1n) is 7.67. The summed E-state index contributed by atoms with van der Waals surface area (Å²) in [6.45, 7) is 7.26. The Morgan fingerprint density at radius 3 is 2.27 bits per heavy atom. The minimum absolute atomic E-state index is 0.605. The molecule has 22 heavy (non-hydrogen) atoms. The Balaban J connectivity index is 1.97. The van der Waals surface area contributed by atoms with E-state index in [-0.39, 0.29) is 0 Å². The molecule has 0 aliphatic carbocycles. The zero-order chi connectivity index (χ0) is 15.8. The molecule has 0 spiro atoms. The van der Waals surface area contributed by atoms with Crippen LogP contribution in [0.2, 0.25) is 0 Å². The minimum atomic E-state index is 0.605. The Morgan fingerprint density at radius 1 is 0.955 bits per heavy atom. The number of hydrogen-bond acceptors (Lipinski definition) is 3. The molecule has 0 radical (unpaired) electrons. The number of methoxy groups -OCH3 is 1. The Hall–Kier alpha value is -1.84. The fourth-order valence-electron chi connectivity index (χ4n) is 2.51. The lowest BCUT2D eigenvalue weighted by atomic mass is 10.1. The maximum absolute atomic E-state index is 6.01. The van der Waals surface area contributed by atoms with Crippen LogP contribution in [0.25, 0.3) is 0 Å². The summed E-state index contributed by atoms with van der Waals surface area (Å²) in [4.78, 5) is 0. The smallest absolute Gasteiger partial charge is 0.125 e. The van der Waals surface area contributed by atoms with Crippen molar-refractivity contribution in [3.05, 3.63) is 64.7 Å². The van der Waals surface area contributed by atoms with Crippen LogP contribution in [0.15, 0.2) is 42.5 Å². The van der Waals surface area contributed by atoms with Crippen LogP contribution < -0.4 is 10.1 Å². The minimum Gasteiger partial charge on any atom is -0.488 e. The molecule has 2 rings (SSSR count). The summed E-state index contributed by atoms with van der Waals surface area (Å²) >= 11 is 0. The van der Waals surface area contributed by atoms with E-state index in [1.165, 1.54) is 22.3 Å².